The highest BCUT2D eigenvalue weighted by Crippen LogP contribution is 2.36. The average Bonchev–Trinajstić information content (AvgIpc) is 2.77. The molecular weight excluding hydrogens is 447 g/mol. The topological polar surface area (TPSA) is 92.4 Å². The van der Waals surface area contributed by atoms with E-state index >= 15 is 0 Å². The maximum atomic E-state index is 13.3. The molecule has 0 unspecified atom stereocenters. The van der Waals surface area contributed by atoms with Gasteiger partial charge in [0, 0.05) is 31.9 Å². The van der Waals surface area contributed by atoms with Crippen LogP contribution in [-0.4, -0.2) is 60.2 Å². The molecule has 1 atom stereocenters. The number of aryl methyl sites for hydroxylation is 1. The minimum atomic E-state index is -4.49. The summed E-state index contributed by atoms with van der Waals surface area (Å²) in [4.78, 5) is 18.0. The highest BCUT2D eigenvalue weighted by atomic mass is 19.4. The first-order valence-electron chi connectivity index (χ1n) is 11.0. The number of aromatic nitrogens is 3. The summed E-state index contributed by atoms with van der Waals surface area (Å²) >= 11 is 0. The molecule has 1 aliphatic rings. The quantitative estimate of drug-likeness (QED) is 0.538. The Hall–Kier alpha value is -3.34. The molecule has 0 spiro atoms. The number of rotatable bonds is 5. The van der Waals surface area contributed by atoms with Crippen LogP contribution in [-0.2, 0) is 6.18 Å². The summed E-state index contributed by atoms with van der Waals surface area (Å²) in [6.45, 7) is 6.94. The van der Waals surface area contributed by atoms with Crippen LogP contribution in [0.3, 0.4) is 0 Å². The molecule has 182 valence electrons. The molecule has 0 amide bonds. The van der Waals surface area contributed by atoms with Gasteiger partial charge in [-0.2, -0.15) is 18.2 Å². The third kappa shape index (κ3) is 4.93. The molecule has 1 fully saturated rings. The smallest absolute Gasteiger partial charge is 0.416 e. The number of nitrogens with zero attached hydrogens (tertiary/aromatic N) is 5. The van der Waals surface area contributed by atoms with Crippen molar-refractivity contribution in [2.75, 3.05) is 56.3 Å². The van der Waals surface area contributed by atoms with Crippen LogP contribution in [0.4, 0.5) is 30.4 Å². The number of methoxy groups -OCH3 is 1. The molecule has 1 aromatic carbocycles. The van der Waals surface area contributed by atoms with Gasteiger partial charge in [-0.15, -0.1) is 0 Å². The second-order valence-electron chi connectivity index (χ2n) is 8.55. The number of fused-ring (bicyclic) bond motifs is 1. The van der Waals surface area contributed by atoms with E-state index in [0.717, 1.165) is 44.0 Å². The largest absolute Gasteiger partial charge is 0.479 e. The van der Waals surface area contributed by atoms with Crippen molar-refractivity contribution in [3.05, 3.63) is 41.2 Å². The summed E-state index contributed by atoms with van der Waals surface area (Å²) in [6.07, 6.45) is -4.49. The summed E-state index contributed by atoms with van der Waals surface area (Å²) in [5.41, 5.74) is 6.69. The highest BCUT2D eigenvalue weighted by Gasteiger charge is 2.31. The molecule has 0 radical (unpaired) electrons. The van der Waals surface area contributed by atoms with Crippen LogP contribution in [0.1, 0.15) is 29.9 Å². The fourth-order valence-corrected chi connectivity index (χ4v) is 4.05. The molecule has 34 heavy (non-hydrogen) atoms. The number of ether oxygens (including phenoxy) is 1. The van der Waals surface area contributed by atoms with Gasteiger partial charge in [0.05, 0.1) is 24.1 Å². The average molecular weight is 476 g/mol. The first-order chi connectivity index (χ1) is 16.0. The van der Waals surface area contributed by atoms with E-state index < -0.39 is 17.8 Å². The Labute approximate surface area is 195 Å². The zero-order valence-electron chi connectivity index (χ0n) is 19.6. The molecule has 11 heteroatoms. The molecule has 0 bridgehead atoms. The van der Waals surface area contributed by atoms with Gasteiger partial charge >= 0.3 is 6.18 Å². The second-order valence-corrected chi connectivity index (χ2v) is 8.55. The Morgan fingerprint density at radius 3 is 2.41 bits per heavy atom. The number of nitrogen functional groups attached to an aromatic ring is 1. The van der Waals surface area contributed by atoms with Crippen molar-refractivity contribution in [2.45, 2.75) is 26.1 Å². The second kappa shape index (κ2) is 9.13. The molecule has 3 aromatic rings. The van der Waals surface area contributed by atoms with Crippen LogP contribution in [0, 0.1) is 6.92 Å². The predicted molar refractivity (Wildman–Crippen MR) is 126 cm³/mol. The van der Waals surface area contributed by atoms with Crippen molar-refractivity contribution >= 4 is 28.2 Å². The standard InChI is InChI=1S/C23H28F3N7O/c1-13(15-9-16(23(24,25)26)11-17(27)10-15)28-20-18-12-19(33-7-5-32(3)6-8-33)22(34-4)31-21(18)30-14(2)29-20/h9-13H,5-8,27H2,1-4H3,(H,28,29,30,31)/t13-/m1/s1. The number of hydrogen-bond acceptors (Lipinski definition) is 8. The van der Waals surface area contributed by atoms with Gasteiger partial charge < -0.3 is 25.6 Å². The normalized spacial score (nSPS) is 16.0. The minimum absolute atomic E-state index is 0.0472. The van der Waals surface area contributed by atoms with Crippen LogP contribution in [0.15, 0.2) is 24.3 Å². The summed E-state index contributed by atoms with van der Waals surface area (Å²) in [7, 11) is 3.65. The van der Waals surface area contributed by atoms with Gasteiger partial charge in [0.1, 0.15) is 17.3 Å². The molecule has 0 aliphatic carbocycles. The first kappa shape index (κ1) is 23.8. The van der Waals surface area contributed by atoms with Gasteiger partial charge in [0.15, 0.2) is 5.65 Å². The Balaban J connectivity index is 1.74. The van der Waals surface area contributed by atoms with Crippen molar-refractivity contribution in [1.29, 1.82) is 0 Å². The van der Waals surface area contributed by atoms with Gasteiger partial charge in [-0.1, -0.05) is 0 Å². The Morgan fingerprint density at radius 1 is 1.06 bits per heavy atom. The molecule has 1 saturated heterocycles. The van der Waals surface area contributed by atoms with E-state index in [9.17, 15) is 13.2 Å². The molecule has 8 nitrogen and oxygen atoms in total. The number of pyridine rings is 1. The predicted octanol–water partition coefficient (Wildman–Crippen LogP) is 3.87. The first-order valence-corrected chi connectivity index (χ1v) is 11.0. The lowest BCUT2D eigenvalue weighted by atomic mass is 10.0. The maximum absolute atomic E-state index is 13.3. The van der Waals surface area contributed by atoms with E-state index in [1.807, 2.05) is 6.07 Å². The van der Waals surface area contributed by atoms with Crippen molar-refractivity contribution < 1.29 is 17.9 Å². The maximum Gasteiger partial charge on any atom is 0.416 e. The SMILES string of the molecule is COc1nc2nc(C)nc(N[C@H](C)c3cc(N)cc(C(F)(F)F)c3)c2cc1N1CCN(C)CC1. The number of alkyl halides is 3. The zero-order chi connectivity index (χ0) is 24.6. The Morgan fingerprint density at radius 2 is 1.76 bits per heavy atom. The lowest BCUT2D eigenvalue weighted by Gasteiger charge is -2.34. The number of anilines is 3. The van der Waals surface area contributed by atoms with E-state index in [4.69, 9.17) is 10.5 Å². The van der Waals surface area contributed by atoms with Gasteiger partial charge in [0.25, 0.3) is 0 Å². The fraction of sp³-hybridized carbons (Fsp3) is 0.435. The lowest BCUT2D eigenvalue weighted by Crippen LogP contribution is -2.44. The third-order valence-electron chi connectivity index (χ3n) is 5.94. The molecule has 4 rings (SSSR count). The summed E-state index contributed by atoms with van der Waals surface area (Å²) < 4.78 is 45.4. The zero-order valence-corrected chi connectivity index (χ0v) is 19.6. The number of benzene rings is 1. The molecular formula is C23H28F3N7O. The molecule has 0 saturated carbocycles. The number of nitrogens with two attached hydrogens (primary N) is 1. The van der Waals surface area contributed by atoms with E-state index in [1.165, 1.54) is 6.07 Å². The fourth-order valence-electron chi connectivity index (χ4n) is 4.05. The monoisotopic (exact) mass is 475 g/mol. The van der Waals surface area contributed by atoms with Crippen LogP contribution >= 0.6 is 0 Å². The van der Waals surface area contributed by atoms with Crippen LogP contribution in [0.2, 0.25) is 0 Å². The van der Waals surface area contributed by atoms with Gasteiger partial charge in [-0.25, -0.2) is 9.97 Å². The summed E-state index contributed by atoms with van der Waals surface area (Å²) in [5, 5.41) is 3.90. The number of nitrogens with one attached hydrogen (secondary N) is 1. The molecule has 3 heterocycles. The minimum Gasteiger partial charge on any atom is -0.479 e. The van der Waals surface area contributed by atoms with Crippen molar-refractivity contribution in [3.63, 3.8) is 0 Å². The lowest BCUT2D eigenvalue weighted by molar-refractivity contribution is -0.137. The van der Waals surface area contributed by atoms with E-state index in [1.54, 1.807) is 21.0 Å². The molecule has 2 aromatic heterocycles. The Bertz CT molecular complexity index is 1190. The number of likely N-dealkylation sites (N-methyl/N-ethyl adjacent to an activating group) is 1. The molecule has 1 aliphatic heterocycles. The van der Waals surface area contributed by atoms with Crippen LogP contribution < -0.4 is 20.7 Å². The summed E-state index contributed by atoms with van der Waals surface area (Å²) in [6, 6.07) is 4.98. The van der Waals surface area contributed by atoms with Crippen LogP contribution in [0.25, 0.3) is 11.0 Å². The number of hydrogen-bond donors (Lipinski definition) is 2. The van der Waals surface area contributed by atoms with Crippen LogP contribution in [0.5, 0.6) is 5.88 Å². The highest BCUT2D eigenvalue weighted by molar-refractivity contribution is 5.90. The third-order valence-corrected chi connectivity index (χ3v) is 5.94. The number of halogens is 3. The van der Waals surface area contributed by atoms with Gasteiger partial charge in [-0.05, 0) is 50.7 Å². The van der Waals surface area contributed by atoms with Crippen molar-refractivity contribution in [3.8, 4) is 5.88 Å². The van der Waals surface area contributed by atoms with E-state index in [0.29, 0.717) is 34.1 Å². The van der Waals surface area contributed by atoms with Crippen molar-refractivity contribution in [2.24, 2.45) is 0 Å². The van der Waals surface area contributed by atoms with Gasteiger partial charge in [0.2, 0.25) is 5.88 Å². The summed E-state index contributed by atoms with van der Waals surface area (Å²) in [5.74, 6) is 1.43. The van der Waals surface area contributed by atoms with E-state index in [2.05, 4.69) is 37.1 Å². The van der Waals surface area contributed by atoms with E-state index in [-0.39, 0.29) is 5.69 Å². The Kier molecular flexibility index (Phi) is 6.39. The number of piperazine rings is 1. The van der Waals surface area contributed by atoms with Crippen molar-refractivity contribution in [1.82, 2.24) is 19.9 Å². The van der Waals surface area contributed by atoms with Gasteiger partial charge in [-0.3, -0.25) is 0 Å². The molecule has 3 N–H and O–H groups in total.